The predicted octanol–water partition coefficient (Wildman–Crippen LogP) is 4.48. The molecular formula is C20H19ClFN5O2. The molecule has 7 nitrogen and oxygen atoms in total. The summed E-state index contributed by atoms with van der Waals surface area (Å²) in [5.41, 5.74) is 2.88. The molecule has 0 fully saturated rings. The molecule has 1 aromatic carbocycles. The van der Waals surface area contributed by atoms with Gasteiger partial charge < -0.3 is 14.6 Å². The smallest absolute Gasteiger partial charge is 0.261 e. The maximum Gasteiger partial charge on any atom is 0.261 e. The van der Waals surface area contributed by atoms with E-state index < -0.39 is 0 Å². The van der Waals surface area contributed by atoms with Gasteiger partial charge in [-0.3, -0.25) is 0 Å². The monoisotopic (exact) mass is 415 g/mol. The van der Waals surface area contributed by atoms with Crippen molar-refractivity contribution in [2.45, 2.75) is 13.3 Å². The van der Waals surface area contributed by atoms with Crippen LogP contribution in [0.5, 0.6) is 0 Å². The van der Waals surface area contributed by atoms with Crippen molar-refractivity contribution in [1.29, 1.82) is 0 Å². The molecule has 0 unspecified atom stereocenters. The van der Waals surface area contributed by atoms with Gasteiger partial charge >= 0.3 is 0 Å². The van der Waals surface area contributed by atoms with E-state index in [1.54, 1.807) is 31.5 Å². The van der Waals surface area contributed by atoms with E-state index in [-0.39, 0.29) is 18.2 Å². The third-order valence-electron chi connectivity index (χ3n) is 4.23. The number of nitrogens with one attached hydrogen (secondary N) is 1. The van der Waals surface area contributed by atoms with Gasteiger partial charge in [-0.25, -0.2) is 14.4 Å². The molecule has 150 valence electrons. The molecule has 3 heterocycles. The van der Waals surface area contributed by atoms with Crippen molar-refractivity contribution in [3.63, 3.8) is 0 Å². The highest BCUT2D eigenvalue weighted by Gasteiger charge is 2.18. The standard InChI is InChI=1S/C20H18FN5O2.ClH/c1-12-7-8-13-18(24-16-6-4-3-5-15(16)21)14(11-22-19(13)23-12)20-25-17(26-28-20)9-10-27-2;/h3-8,11H,9-10H2,1-2H3,(H,22,23,24);1H. The summed E-state index contributed by atoms with van der Waals surface area (Å²) < 4.78 is 24.7. The molecule has 0 spiro atoms. The number of hydrogen-bond donors (Lipinski definition) is 1. The summed E-state index contributed by atoms with van der Waals surface area (Å²) in [5, 5.41) is 7.85. The van der Waals surface area contributed by atoms with Crippen LogP contribution in [-0.4, -0.2) is 33.8 Å². The number of fused-ring (bicyclic) bond motifs is 1. The zero-order valence-electron chi connectivity index (χ0n) is 15.8. The highest BCUT2D eigenvalue weighted by atomic mass is 35.5. The lowest BCUT2D eigenvalue weighted by atomic mass is 10.1. The summed E-state index contributed by atoms with van der Waals surface area (Å²) in [7, 11) is 1.61. The van der Waals surface area contributed by atoms with Gasteiger partial charge in [0.25, 0.3) is 5.89 Å². The van der Waals surface area contributed by atoms with E-state index in [4.69, 9.17) is 9.26 Å². The van der Waals surface area contributed by atoms with Crippen LogP contribution in [0.15, 0.2) is 47.1 Å². The van der Waals surface area contributed by atoms with Gasteiger partial charge in [-0.2, -0.15) is 4.98 Å². The maximum atomic E-state index is 14.3. The second-order valence-corrected chi connectivity index (χ2v) is 6.23. The molecule has 0 aliphatic heterocycles. The van der Waals surface area contributed by atoms with E-state index in [0.717, 1.165) is 11.1 Å². The summed E-state index contributed by atoms with van der Waals surface area (Å²) in [4.78, 5) is 13.3. The number of aryl methyl sites for hydroxylation is 1. The number of hydrogen-bond acceptors (Lipinski definition) is 7. The number of aromatic nitrogens is 4. The Morgan fingerprint density at radius 2 is 1.97 bits per heavy atom. The Bertz CT molecular complexity index is 1140. The molecule has 0 aliphatic carbocycles. The van der Waals surface area contributed by atoms with E-state index in [9.17, 15) is 4.39 Å². The van der Waals surface area contributed by atoms with E-state index in [2.05, 4.69) is 25.4 Å². The molecule has 29 heavy (non-hydrogen) atoms. The molecule has 3 aromatic heterocycles. The number of halogens is 2. The molecule has 4 rings (SSSR count). The lowest BCUT2D eigenvalue weighted by molar-refractivity contribution is 0.199. The number of nitrogens with zero attached hydrogens (tertiary/aromatic N) is 4. The molecule has 0 saturated heterocycles. The van der Waals surface area contributed by atoms with Crippen molar-refractivity contribution in [2.24, 2.45) is 0 Å². The van der Waals surface area contributed by atoms with E-state index in [1.165, 1.54) is 6.07 Å². The average Bonchev–Trinajstić information content (AvgIpc) is 3.16. The quantitative estimate of drug-likeness (QED) is 0.496. The summed E-state index contributed by atoms with van der Waals surface area (Å²) >= 11 is 0. The van der Waals surface area contributed by atoms with Gasteiger partial charge in [0, 0.05) is 30.8 Å². The Labute approximate surface area is 172 Å². The highest BCUT2D eigenvalue weighted by molar-refractivity contribution is 5.98. The molecule has 0 radical (unpaired) electrons. The lowest BCUT2D eigenvalue weighted by Crippen LogP contribution is -2.00. The number of ether oxygens (including phenoxy) is 1. The van der Waals surface area contributed by atoms with Crippen LogP contribution in [0.25, 0.3) is 22.5 Å². The Morgan fingerprint density at radius 3 is 2.76 bits per heavy atom. The minimum absolute atomic E-state index is 0. The van der Waals surface area contributed by atoms with Crippen molar-refractivity contribution >= 4 is 34.8 Å². The minimum atomic E-state index is -0.371. The molecule has 0 aliphatic rings. The first-order chi connectivity index (χ1) is 13.7. The Kier molecular flexibility index (Phi) is 6.36. The topological polar surface area (TPSA) is 86.0 Å². The molecule has 0 amide bonds. The zero-order chi connectivity index (χ0) is 19.5. The van der Waals surface area contributed by atoms with Crippen LogP contribution >= 0.6 is 12.4 Å². The summed E-state index contributed by atoms with van der Waals surface area (Å²) in [5.74, 6) is 0.445. The van der Waals surface area contributed by atoms with E-state index >= 15 is 0 Å². The third-order valence-corrected chi connectivity index (χ3v) is 4.23. The fourth-order valence-electron chi connectivity index (χ4n) is 2.82. The van der Waals surface area contributed by atoms with Crippen molar-refractivity contribution in [3.8, 4) is 11.5 Å². The number of para-hydroxylation sites is 1. The average molecular weight is 416 g/mol. The van der Waals surface area contributed by atoms with Crippen molar-refractivity contribution in [2.75, 3.05) is 19.0 Å². The van der Waals surface area contributed by atoms with Crippen molar-refractivity contribution < 1.29 is 13.7 Å². The van der Waals surface area contributed by atoms with Gasteiger partial charge in [0.2, 0.25) is 0 Å². The number of rotatable bonds is 6. The Morgan fingerprint density at radius 1 is 1.14 bits per heavy atom. The van der Waals surface area contributed by atoms with E-state index in [0.29, 0.717) is 47.3 Å². The highest BCUT2D eigenvalue weighted by Crippen LogP contribution is 2.35. The van der Waals surface area contributed by atoms with Crippen LogP contribution in [0.2, 0.25) is 0 Å². The van der Waals surface area contributed by atoms with Gasteiger partial charge in [0.15, 0.2) is 11.5 Å². The summed E-state index contributed by atoms with van der Waals surface area (Å²) in [6.45, 7) is 2.37. The lowest BCUT2D eigenvalue weighted by Gasteiger charge is -2.13. The Balaban J connectivity index is 0.00000240. The molecule has 0 saturated carbocycles. The van der Waals surface area contributed by atoms with Gasteiger partial charge in [0.05, 0.1) is 23.5 Å². The Hall–Kier alpha value is -3.10. The second kappa shape index (κ2) is 8.93. The minimum Gasteiger partial charge on any atom is -0.384 e. The van der Waals surface area contributed by atoms with Crippen LogP contribution in [-0.2, 0) is 11.2 Å². The molecule has 0 bridgehead atoms. The third kappa shape index (κ3) is 4.33. The van der Waals surface area contributed by atoms with Crippen LogP contribution < -0.4 is 5.32 Å². The first-order valence-corrected chi connectivity index (χ1v) is 8.75. The largest absolute Gasteiger partial charge is 0.384 e. The first-order valence-electron chi connectivity index (χ1n) is 8.75. The van der Waals surface area contributed by atoms with Crippen LogP contribution in [0.1, 0.15) is 11.5 Å². The number of pyridine rings is 2. The first kappa shape index (κ1) is 20.6. The molecule has 0 atom stereocenters. The van der Waals surface area contributed by atoms with Crippen LogP contribution in [0, 0.1) is 12.7 Å². The number of benzene rings is 1. The number of anilines is 2. The van der Waals surface area contributed by atoms with Gasteiger partial charge in [-0.15, -0.1) is 12.4 Å². The SMILES string of the molecule is COCCc1noc(-c2cnc3nc(C)ccc3c2Nc2ccccc2F)n1.Cl. The summed E-state index contributed by atoms with van der Waals surface area (Å²) in [6, 6.07) is 10.2. The van der Waals surface area contributed by atoms with Gasteiger partial charge in [-0.05, 0) is 31.2 Å². The normalized spacial score (nSPS) is 10.7. The predicted molar refractivity (Wildman–Crippen MR) is 110 cm³/mol. The summed E-state index contributed by atoms with van der Waals surface area (Å²) in [6.07, 6.45) is 2.13. The molecule has 1 N–H and O–H groups in total. The van der Waals surface area contributed by atoms with Gasteiger partial charge in [-0.1, -0.05) is 17.3 Å². The van der Waals surface area contributed by atoms with Crippen molar-refractivity contribution in [3.05, 3.63) is 59.9 Å². The molecular weight excluding hydrogens is 397 g/mol. The van der Waals surface area contributed by atoms with Crippen LogP contribution in [0.3, 0.4) is 0 Å². The zero-order valence-corrected chi connectivity index (χ0v) is 16.7. The fraction of sp³-hybridized carbons (Fsp3) is 0.200. The number of methoxy groups -OCH3 is 1. The maximum absolute atomic E-state index is 14.3. The molecule has 9 heteroatoms. The van der Waals surface area contributed by atoms with Crippen LogP contribution in [0.4, 0.5) is 15.8 Å². The van der Waals surface area contributed by atoms with E-state index in [1.807, 2.05) is 19.1 Å². The van der Waals surface area contributed by atoms with Gasteiger partial charge in [0.1, 0.15) is 5.82 Å². The second-order valence-electron chi connectivity index (χ2n) is 6.23. The van der Waals surface area contributed by atoms with Crippen molar-refractivity contribution in [1.82, 2.24) is 20.1 Å². The molecule has 4 aromatic rings. The fourth-order valence-corrected chi connectivity index (χ4v) is 2.82.